The van der Waals surface area contributed by atoms with E-state index in [1.807, 2.05) is 30.3 Å². The average molecular weight is 445 g/mol. The van der Waals surface area contributed by atoms with Crippen molar-refractivity contribution < 1.29 is 14.2 Å². The number of hydrogen-bond donors (Lipinski definition) is 2. The predicted molar refractivity (Wildman–Crippen MR) is 124 cm³/mol. The number of anilines is 1. The molecule has 7 nitrogen and oxygen atoms in total. The van der Waals surface area contributed by atoms with Gasteiger partial charge in [0.2, 0.25) is 0 Å². The number of rotatable bonds is 5. The molecule has 2 heterocycles. The van der Waals surface area contributed by atoms with E-state index >= 15 is 0 Å². The Morgan fingerprint density at radius 2 is 2.10 bits per heavy atom. The number of halogens is 1. The standard InChI is InChI=1S/C23H29ClN4O3/c1-25-23(26-14-16-12-18(24)22-21(13-16)30-10-5-11-31-22)27-17-8-9-28(15-17)19-6-3-4-7-20(19)29-2/h3-4,6-7,12-13,17H,5,8-11,14-15H2,1-2H3,(H2,25,26,27). The third kappa shape index (κ3) is 5.10. The van der Waals surface area contributed by atoms with Gasteiger partial charge in [-0.25, -0.2) is 0 Å². The van der Waals surface area contributed by atoms with Crippen LogP contribution >= 0.6 is 11.6 Å². The number of aliphatic imine (C=N–C) groups is 1. The summed E-state index contributed by atoms with van der Waals surface area (Å²) in [5, 5.41) is 7.48. The molecule has 0 amide bonds. The molecule has 4 rings (SSSR count). The molecule has 2 aliphatic heterocycles. The summed E-state index contributed by atoms with van der Waals surface area (Å²) in [7, 11) is 3.49. The summed E-state index contributed by atoms with van der Waals surface area (Å²) in [6, 6.07) is 12.3. The summed E-state index contributed by atoms with van der Waals surface area (Å²) in [6.07, 6.45) is 1.87. The predicted octanol–water partition coefficient (Wildman–Crippen LogP) is 3.45. The molecule has 2 N–H and O–H groups in total. The summed E-state index contributed by atoms with van der Waals surface area (Å²) in [6.45, 7) is 3.69. The Labute approximate surface area is 188 Å². The van der Waals surface area contributed by atoms with E-state index in [9.17, 15) is 0 Å². The topological polar surface area (TPSA) is 67.4 Å². The van der Waals surface area contributed by atoms with Crippen LogP contribution in [0.2, 0.25) is 5.02 Å². The molecule has 2 aliphatic rings. The van der Waals surface area contributed by atoms with Crippen molar-refractivity contribution in [1.82, 2.24) is 10.6 Å². The first-order valence-corrected chi connectivity index (χ1v) is 11.0. The van der Waals surface area contributed by atoms with Crippen molar-refractivity contribution in [1.29, 1.82) is 0 Å². The number of guanidine groups is 1. The van der Waals surface area contributed by atoms with E-state index in [0.29, 0.717) is 42.3 Å². The van der Waals surface area contributed by atoms with Crippen molar-refractivity contribution >= 4 is 23.2 Å². The van der Waals surface area contributed by atoms with E-state index in [2.05, 4.69) is 26.6 Å². The minimum Gasteiger partial charge on any atom is -0.495 e. The molecule has 8 heteroatoms. The summed E-state index contributed by atoms with van der Waals surface area (Å²) >= 11 is 6.41. The average Bonchev–Trinajstić information content (AvgIpc) is 3.12. The molecule has 0 aliphatic carbocycles. The normalized spacial score (nSPS) is 18.5. The zero-order chi connectivity index (χ0) is 21.6. The Bertz CT molecular complexity index is 937. The quantitative estimate of drug-likeness (QED) is 0.544. The number of ether oxygens (including phenoxy) is 3. The number of benzene rings is 2. The molecule has 166 valence electrons. The monoisotopic (exact) mass is 444 g/mol. The maximum atomic E-state index is 6.41. The highest BCUT2D eigenvalue weighted by Gasteiger charge is 2.25. The van der Waals surface area contributed by atoms with Crippen LogP contribution in [0, 0.1) is 0 Å². The maximum Gasteiger partial charge on any atom is 0.191 e. The van der Waals surface area contributed by atoms with Crippen LogP contribution in [0.3, 0.4) is 0 Å². The molecular weight excluding hydrogens is 416 g/mol. The number of hydrogen-bond acceptors (Lipinski definition) is 5. The highest BCUT2D eigenvalue weighted by molar-refractivity contribution is 6.32. The second-order valence-corrected chi connectivity index (χ2v) is 8.04. The molecule has 0 saturated carbocycles. The lowest BCUT2D eigenvalue weighted by Gasteiger charge is -2.22. The summed E-state index contributed by atoms with van der Waals surface area (Å²) in [5.74, 6) is 2.99. The molecular formula is C23H29ClN4O3. The smallest absolute Gasteiger partial charge is 0.191 e. The van der Waals surface area contributed by atoms with Gasteiger partial charge in [-0.3, -0.25) is 4.99 Å². The van der Waals surface area contributed by atoms with Crippen molar-refractivity contribution in [3.8, 4) is 17.2 Å². The number of para-hydroxylation sites is 2. The Hall–Kier alpha value is -2.80. The largest absolute Gasteiger partial charge is 0.495 e. The number of methoxy groups -OCH3 is 1. The van der Waals surface area contributed by atoms with Crippen LogP contribution in [-0.2, 0) is 6.54 Å². The van der Waals surface area contributed by atoms with Crippen molar-refractivity contribution in [2.75, 3.05) is 45.4 Å². The van der Waals surface area contributed by atoms with Gasteiger partial charge < -0.3 is 29.7 Å². The highest BCUT2D eigenvalue weighted by atomic mass is 35.5. The molecule has 1 saturated heterocycles. The van der Waals surface area contributed by atoms with E-state index in [-0.39, 0.29) is 0 Å². The van der Waals surface area contributed by atoms with Crippen LogP contribution < -0.4 is 29.7 Å². The third-order valence-corrected chi connectivity index (χ3v) is 5.78. The van der Waals surface area contributed by atoms with Gasteiger partial charge in [-0.15, -0.1) is 0 Å². The number of nitrogens with zero attached hydrogens (tertiary/aromatic N) is 2. The third-order valence-electron chi connectivity index (χ3n) is 5.50. The highest BCUT2D eigenvalue weighted by Crippen LogP contribution is 2.38. The van der Waals surface area contributed by atoms with Gasteiger partial charge in [-0.1, -0.05) is 23.7 Å². The molecule has 1 unspecified atom stereocenters. The second-order valence-electron chi connectivity index (χ2n) is 7.63. The van der Waals surface area contributed by atoms with Crippen LogP contribution in [0.1, 0.15) is 18.4 Å². The molecule has 1 atom stereocenters. The first-order valence-electron chi connectivity index (χ1n) is 10.6. The van der Waals surface area contributed by atoms with Gasteiger partial charge in [0.25, 0.3) is 0 Å². The summed E-state index contributed by atoms with van der Waals surface area (Å²) in [5.41, 5.74) is 2.14. The molecule has 1 fully saturated rings. The van der Waals surface area contributed by atoms with Gasteiger partial charge in [0.1, 0.15) is 5.75 Å². The second kappa shape index (κ2) is 10.0. The maximum absolute atomic E-state index is 6.41. The van der Waals surface area contributed by atoms with Gasteiger partial charge in [0.15, 0.2) is 17.5 Å². The molecule has 0 spiro atoms. The van der Waals surface area contributed by atoms with Gasteiger partial charge in [-0.2, -0.15) is 0 Å². The van der Waals surface area contributed by atoms with E-state index < -0.39 is 0 Å². The first-order chi connectivity index (χ1) is 15.2. The Balaban J connectivity index is 1.35. The van der Waals surface area contributed by atoms with Crippen LogP contribution in [0.15, 0.2) is 41.4 Å². The van der Waals surface area contributed by atoms with Gasteiger partial charge >= 0.3 is 0 Å². The van der Waals surface area contributed by atoms with Gasteiger partial charge in [0, 0.05) is 39.1 Å². The van der Waals surface area contributed by atoms with Crippen LogP contribution in [0.5, 0.6) is 17.2 Å². The zero-order valence-electron chi connectivity index (χ0n) is 18.0. The van der Waals surface area contributed by atoms with Crippen molar-refractivity contribution in [2.24, 2.45) is 4.99 Å². The van der Waals surface area contributed by atoms with E-state index in [1.165, 1.54) is 0 Å². The Morgan fingerprint density at radius 1 is 1.26 bits per heavy atom. The SMILES string of the molecule is CN=C(NCc1cc(Cl)c2c(c1)OCCCO2)NC1CCN(c2ccccc2OC)C1. The molecule has 2 aromatic carbocycles. The summed E-state index contributed by atoms with van der Waals surface area (Å²) in [4.78, 5) is 6.73. The lowest BCUT2D eigenvalue weighted by atomic mass is 10.2. The lowest BCUT2D eigenvalue weighted by molar-refractivity contribution is 0.297. The fourth-order valence-corrected chi connectivity index (χ4v) is 4.24. The Morgan fingerprint density at radius 3 is 2.94 bits per heavy atom. The van der Waals surface area contributed by atoms with E-state index in [0.717, 1.165) is 48.9 Å². The molecule has 0 aromatic heterocycles. The fourth-order valence-electron chi connectivity index (χ4n) is 3.95. The Kier molecular flexibility index (Phi) is 6.92. The molecule has 31 heavy (non-hydrogen) atoms. The minimum atomic E-state index is 0.295. The van der Waals surface area contributed by atoms with E-state index in [1.54, 1.807) is 14.2 Å². The summed E-state index contributed by atoms with van der Waals surface area (Å²) < 4.78 is 17.0. The van der Waals surface area contributed by atoms with Crippen molar-refractivity contribution in [3.63, 3.8) is 0 Å². The first kappa shape index (κ1) is 21.4. The van der Waals surface area contributed by atoms with Gasteiger partial charge in [-0.05, 0) is 36.2 Å². The number of fused-ring (bicyclic) bond motifs is 1. The fraction of sp³-hybridized carbons (Fsp3) is 0.435. The lowest BCUT2D eigenvalue weighted by Crippen LogP contribution is -2.44. The minimum absolute atomic E-state index is 0.295. The molecule has 0 radical (unpaired) electrons. The van der Waals surface area contributed by atoms with Crippen molar-refractivity contribution in [2.45, 2.75) is 25.4 Å². The number of nitrogens with one attached hydrogen (secondary N) is 2. The van der Waals surface area contributed by atoms with E-state index in [4.69, 9.17) is 25.8 Å². The molecule has 0 bridgehead atoms. The van der Waals surface area contributed by atoms with Crippen LogP contribution in [0.4, 0.5) is 5.69 Å². The van der Waals surface area contributed by atoms with Gasteiger partial charge in [0.05, 0.1) is 31.0 Å². The van der Waals surface area contributed by atoms with Crippen LogP contribution in [0.25, 0.3) is 0 Å². The van der Waals surface area contributed by atoms with Crippen molar-refractivity contribution in [3.05, 3.63) is 47.0 Å². The zero-order valence-corrected chi connectivity index (χ0v) is 18.7. The van der Waals surface area contributed by atoms with Crippen LogP contribution in [-0.4, -0.2) is 52.5 Å². The molecule has 2 aromatic rings.